The first-order valence-corrected chi connectivity index (χ1v) is 7.01. The molecule has 1 atom stereocenters. The maximum atomic E-state index is 11.7. The molecule has 1 amide bonds. The number of hydrogen-bond acceptors (Lipinski definition) is 2. The summed E-state index contributed by atoms with van der Waals surface area (Å²) in [5, 5.41) is 3.47. The molecule has 1 fully saturated rings. The molecule has 1 N–H and O–H groups in total. The van der Waals surface area contributed by atoms with Gasteiger partial charge in [0.25, 0.3) is 0 Å². The molecule has 0 saturated heterocycles. The second-order valence-corrected chi connectivity index (χ2v) is 5.63. The van der Waals surface area contributed by atoms with Gasteiger partial charge >= 0.3 is 0 Å². The molecule has 1 saturated carbocycles. The van der Waals surface area contributed by atoms with Gasteiger partial charge in [-0.15, -0.1) is 0 Å². The van der Waals surface area contributed by atoms with Gasteiger partial charge in [-0.1, -0.05) is 19.8 Å². The smallest absolute Gasteiger partial charge is 0.238 e. The van der Waals surface area contributed by atoms with Crippen LogP contribution < -0.4 is 5.32 Å². The fourth-order valence-corrected chi connectivity index (χ4v) is 2.84. The lowest BCUT2D eigenvalue weighted by Gasteiger charge is -2.31. The highest BCUT2D eigenvalue weighted by Crippen LogP contribution is 2.27. The van der Waals surface area contributed by atoms with Crippen molar-refractivity contribution in [3.8, 4) is 0 Å². The number of amides is 1. The second kappa shape index (κ2) is 7.00. The zero-order valence-electron chi connectivity index (χ0n) is 11.8. The molecule has 0 radical (unpaired) electrons. The average Bonchev–Trinajstić information content (AvgIpc) is 2.30. The summed E-state index contributed by atoms with van der Waals surface area (Å²) in [6, 6.07) is 0.500. The van der Waals surface area contributed by atoms with Gasteiger partial charge in [0, 0.05) is 20.1 Å². The van der Waals surface area contributed by atoms with Gasteiger partial charge in [-0.05, 0) is 38.5 Å². The van der Waals surface area contributed by atoms with E-state index in [1.54, 1.807) is 4.90 Å². The maximum Gasteiger partial charge on any atom is 0.238 e. The topological polar surface area (TPSA) is 32.3 Å². The molecular weight excluding hydrogens is 212 g/mol. The van der Waals surface area contributed by atoms with E-state index >= 15 is 0 Å². The number of likely N-dealkylation sites (N-methyl/N-ethyl adjacent to an activating group) is 1. The highest BCUT2D eigenvalue weighted by Gasteiger charge is 2.24. The molecule has 100 valence electrons. The molecule has 1 aliphatic rings. The van der Waals surface area contributed by atoms with Crippen molar-refractivity contribution in [2.45, 2.75) is 64.5 Å². The average molecular weight is 240 g/mol. The Morgan fingerprint density at radius 3 is 2.35 bits per heavy atom. The molecule has 3 heteroatoms. The third-order valence-electron chi connectivity index (χ3n) is 3.84. The molecule has 1 unspecified atom stereocenters. The Balaban J connectivity index is 2.28. The van der Waals surface area contributed by atoms with Crippen LogP contribution in [0.5, 0.6) is 0 Å². The van der Waals surface area contributed by atoms with Gasteiger partial charge < -0.3 is 10.2 Å². The van der Waals surface area contributed by atoms with Crippen molar-refractivity contribution in [3.05, 3.63) is 0 Å². The van der Waals surface area contributed by atoms with Crippen molar-refractivity contribution < 1.29 is 4.79 Å². The minimum absolute atomic E-state index is 0.0438. The Morgan fingerprint density at radius 1 is 1.29 bits per heavy atom. The Bertz CT molecular complexity index is 232. The number of rotatable bonds is 5. The normalized spacial score (nSPS) is 26.6. The van der Waals surface area contributed by atoms with Crippen LogP contribution in [0.25, 0.3) is 0 Å². The van der Waals surface area contributed by atoms with E-state index in [9.17, 15) is 4.79 Å². The van der Waals surface area contributed by atoms with Crippen molar-refractivity contribution in [1.29, 1.82) is 0 Å². The predicted molar refractivity (Wildman–Crippen MR) is 71.9 cm³/mol. The number of nitrogens with one attached hydrogen (secondary N) is 1. The van der Waals surface area contributed by atoms with Crippen LogP contribution in [0.2, 0.25) is 0 Å². The monoisotopic (exact) mass is 240 g/mol. The fourth-order valence-electron chi connectivity index (χ4n) is 2.84. The molecule has 0 bridgehead atoms. The molecule has 0 aromatic rings. The summed E-state index contributed by atoms with van der Waals surface area (Å²) in [6.07, 6.45) is 7.80. The van der Waals surface area contributed by atoms with Gasteiger partial charge in [-0.2, -0.15) is 0 Å². The quantitative estimate of drug-likeness (QED) is 0.800. The fraction of sp³-hybridized carbons (Fsp3) is 0.929. The van der Waals surface area contributed by atoms with E-state index < -0.39 is 0 Å². The summed E-state index contributed by atoms with van der Waals surface area (Å²) >= 11 is 0. The van der Waals surface area contributed by atoms with Gasteiger partial charge in [0.2, 0.25) is 5.91 Å². The van der Waals surface area contributed by atoms with E-state index in [4.69, 9.17) is 0 Å². The van der Waals surface area contributed by atoms with Crippen molar-refractivity contribution in [3.63, 3.8) is 0 Å². The first-order valence-electron chi connectivity index (χ1n) is 7.01. The van der Waals surface area contributed by atoms with Crippen LogP contribution in [-0.2, 0) is 4.79 Å². The minimum atomic E-state index is -0.0438. The summed E-state index contributed by atoms with van der Waals surface area (Å²) in [5.41, 5.74) is 0. The highest BCUT2D eigenvalue weighted by atomic mass is 16.2. The standard InChI is InChI=1S/C14H28N2O/c1-5-6-12-7-9-13(10-8-12)15-11(2)14(17)16(3)4/h11-13,15H,5-10H2,1-4H3. The molecule has 0 heterocycles. The first kappa shape index (κ1) is 14.5. The molecule has 0 spiro atoms. The van der Waals surface area contributed by atoms with Crippen molar-refractivity contribution in [1.82, 2.24) is 10.2 Å². The zero-order valence-corrected chi connectivity index (χ0v) is 11.8. The van der Waals surface area contributed by atoms with Crippen LogP contribution >= 0.6 is 0 Å². The summed E-state index contributed by atoms with van der Waals surface area (Å²) in [6.45, 7) is 4.24. The molecule has 1 aliphatic carbocycles. The molecule has 0 aromatic carbocycles. The molecule has 0 aliphatic heterocycles. The molecule has 3 nitrogen and oxygen atoms in total. The number of carbonyl (C=O) groups excluding carboxylic acids is 1. The highest BCUT2D eigenvalue weighted by molar-refractivity contribution is 5.80. The Morgan fingerprint density at radius 2 is 1.88 bits per heavy atom. The number of nitrogens with zero attached hydrogens (tertiary/aromatic N) is 1. The van der Waals surface area contributed by atoms with Gasteiger partial charge in [-0.3, -0.25) is 4.79 Å². The van der Waals surface area contributed by atoms with Gasteiger partial charge in [0.15, 0.2) is 0 Å². The minimum Gasteiger partial charge on any atom is -0.347 e. The largest absolute Gasteiger partial charge is 0.347 e. The SMILES string of the molecule is CCCC1CCC(NC(C)C(=O)N(C)C)CC1. The van der Waals surface area contributed by atoms with E-state index in [2.05, 4.69) is 12.2 Å². The van der Waals surface area contributed by atoms with Gasteiger partial charge in [0.1, 0.15) is 0 Å². The third-order valence-corrected chi connectivity index (χ3v) is 3.84. The van der Waals surface area contributed by atoms with Gasteiger partial charge in [-0.25, -0.2) is 0 Å². The maximum absolute atomic E-state index is 11.7. The van der Waals surface area contributed by atoms with Crippen molar-refractivity contribution >= 4 is 5.91 Å². The first-order chi connectivity index (χ1) is 8.04. The van der Waals surface area contributed by atoms with E-state index in [-0.39, 0.29) is 11.9 Å². The van der Waals surface area contributed by atoms with Gasteiger partial charge in [0.05, 0.1) is 6.04 Å². The summed E-state index contributed by atoms with van der Waals surface area (Å²) in [7, 11) is 3.64. The van der Waals surface area contributed by atoms with E-state index in [0.29, 0.717) is 6.04 Å². The van der Waals surface area contributed by atoms with Crippen LogP contribution in [0.3, 0.4) is 0 Å². The molecule has 1 rings (SSSR count). The van der Waals surface area contributed by atoms with Crippen LogP contribution in [0.1, 0.15) is 52.4 Å². The van der Waals surface area contributed by atoms with Crippen LogP contribution in [-0.4, -0.2) is 37.0 Å². The van der Waals surface area contributed by atoms with Crippen LogP contribution in [0, 0.1) is 5.92 Å². The molecular formula is C14H28N2O. The summed E-state index contributed by atoms with van der Waals surface area (Å²) in [4.78, 5) is 13.4. The number of carbonyl (C=O) groups is 1. The Kier molecular flexibility index (Phi) is 5.96. The zero-order chi connectivity index (χ0) is 12.8. The second-order valence-electron chi connectivity index (χ2n) is 5.63. The van der Waals surface area contributed by atoms with Crippen LogP contribution in [0.15, 0.2) is 0 Å². The van der Waals surface area contributed by atoms with E-state index in [1.807, 2.05) is 21.0 Å². The van der Waals surface area contributed by atoms with Crippen molar-refractivity contribution in [2.75, 3.05) is 14.1 Å². The summed E-state index contributed by atoms with van der Waals surface area (Å²) in [5.74, 6) is 1.11. The predicted octanol–water partition coefficient (Wildman–Crippen LogP) is 2.41. The molecule has 0 aromatic heterocycles. The summed E-state index contributed by atoms with van der Waals surface area (Å²) < 4.78 is 0. The Labute approximate surface area is 106 Å². The third kappa shape index (κ3) is 4.66. The van der Waals surface area contributed by atoms with E-state index in [0.717, 1.165) is 5.92 Å². The Hall–Kier alpha value is -0.570. The lowest BCUT2D eigenvalue weighted by atomic mass is 9.83. The van der Waals surface area contributed by atoms with Crippen molar-refractivity contribution in [2.24, 2.45) is 5.92 Å². The molecule has 17 heavy (non-hydrogen) atoms. The number of hydrogen-bond donors (Lipinski definition) is 1. The lowest BCUT2D eigenvalue weighted by Crippen LogP contribution is -2.47. The van der Waals surface area contributed by atoms with E-state index in [1.165, 1.54) is 38.5 Å². The van der Waals surface area contributed by atoms with Crippen LogP contribution in [0.4, 0.5) is 0 Å². The lowest BCUT2D eigenvalue weighted by molar-refractivity contribution is -0.130.